The zero-order valence-corrected chi connectivity index (χ0v) is 16.8. The number of nitrogens with zero attached hydrogens (tertiary/aromatic N) is 2. The third-order valence-electron chi connectivity index (χ3n) is 4.74. The van der Waals surface area contributed by atoms with Gasteiger partial charge < -0.3 is 20.3 Å². The number of methoxy groups -OCH3 is 1. The first-order valence-corrected chi connectivity index (χ1v) is 10.2. The van der Waals surface area contributed by atoms with E-state index >= 15 is 0 Å². The molecular formula is C21H34N4O2. The Kier molecular flexibility index (Phi) is 9.52. The summed E-state index contributed by atoms with van der Waals surface area (Å²) in [5.41, 5.74) is 1.26. The van der Waals surface area contributed by atoms with Crippen LogP contribution in [0.4, 0.5) is 0 Å². The third-order valence-corrected chi connectivity index (χ3v) is 4.74. The molecule has 1 saturated heterocycles. The average molecular weight is 375 g/mol. The van der Waals surface area contributed by atoms with Gasteiger partial charge in [-0.25, -0.2) is 0 Å². The molecule has 6 nitrogen and oxygen atoms in total. The van der Waals surface area contributed by atoms with E-state index in [1.807, 2.05) is 17.0 Å². The molecule has 1 aromatic carbocycles. The van der Waals surface area contributed by atoms with Crippen LogP contribution in [0, 0.1) is 0 Å². The first kappa shape index (κ1) is 21.1. The van der Waals surface area contributed by atoms with Gasteiger partial charge in [0.1, 0.15) is 5.75 Å². The largest absolute Gasteiger partial charge is 0.497 e. The van der Waals surface area contributed by atoms with Gasteiger partial charge in [-0.3, -0.25) is 9.79 Å². The molecule has 2 rings (SSSR count). The van der Waals surface area contributed by atoms with E-state index in [1.54, 1.807) is 7.11 Å². The smallest absolute Gasteiger partial charge is 0.222 e. The highest BCUT2D eigenvalue weighted by Gasteiger charge is 2.15. The Morgan fingerprint density at radius 3 is 2.74 bits per heavy atom. The van der Waals surface area contributed by atoms with Gasteiger partial charge in [0.05, 0.1) is 7.11 Å². The molecule has 0 aliphatic carbocycles. The number of hydrogen-bond donors (Lipinski definition) is 2. The van der Waals surface area contributed by atoms with Crippen molar-refractivity contribution in [2.24, 2.45) is 4.99 Å². The van der Waals surface area contributed by atoms with Crippen molar-refractivity contribution < 1.29 is 9.53 Å². The summed E-state index contributed by atoms with van der Waals surface area (Å²) >= 11 is 0. The predicted octanol–water partition coefficient (Wildman–Crippen LogP) is 2.59. The molecule has 0 bridgehead atoms. The first-order chi connectivity index (χ1) is 13.2. The molecule has 2 N–H and O–H groups in total. The number of aliphatic imine (C=N–C) groups is 1. The Hall–Kier alpha value is -2.24. The number of ether oxygens (including phenoxy) is 1. The van der Waals surface area contributed by atoms with E-state index in [2.05, 4.69) is 34.7 Å². The van der Waals surface area contributed by atoms with Crippen molar-refractivity contribution in [3.8, 4) is 5.75 Å². The van der Waals surface area contributed by atoms with Gasteiger partial charge in [-0.05, 0) is 50.3 Å². The maximum absolute atomic E-state index is 12.0. The molecule has 0 aromatic heterocycles. The summed E-state index contributed by atoms with van der Waals surface area (Å²) in [6, 6.07) is 8.14. The van der Waals surface area contributed by atoms with Crippen LogP contribution in [0.25, 0.3) is 0 Å². The molecule has 1 aliphatic rings. The lowest BCUT2D eigenvalue weighted by atomic mass is 10.1. The van der Waals surface area contributed by atoms with E-state index in [1.165, 1.54) is 12.0 Å². The lowest BCUT2D eigenvalue weighted by Crippen LogP contribution is -2.38. The highest BCUT2D eigenvalue weighted by Crippen LogP contribution is 2.12. The number of guanidine groups is 1. The number of likely N-dealkylation sites (tertiary alicyclic amines) is 1. The van der Waals surface area contributed by atoms with Crippen LogP contribution in [0.3, 0.4) is 0 Å². The number of carbonyl (C=O) groups is 1. The summed E-state index contributed by atoms with van der Waals surface area (Å²) in [6.45, 7) is 6.16. The standard InChI is InChI=1S/C21H34N4O2/c1-3-22-21(24-15-13-18-9-11-19(27-2)12-10-18)23-14-7-17-25-16-6-4-5-8-20(25)26/h9-12H,3-8,13-17H2,1-2H3,(H2,22,23,24). The maximum Gasteiger partial charge on any atom is 0.222 e. The van der Waals surface area contributed by atoms with Gasteiger partial charge in [-0.15, -0.1) is 0 Å². The summed E-state index contributed by atoms with van der Waals surface area (Å²) in [5.74, 6) is 2.03. The van der Waals surface area contributed by atoms with Crippen molar-refractivity contribution in [3.05, 3.63) is 29.8 Å². The number of hydrogen-bond acceptors (Lipinski definition) is 3. The zero-order valence-electron chi connectivity index (χ0n) is 16.8. The highest BCUT2D eigenvalue weighted by molar-refractivity contribution is 5.79. The lowest BCUT2D eigenvalue weighted by Gasteiger charge is -2.20. The van der Waals surface area contributed by atoms with Crippen LogP contribution in [0.5, 0.6) is 5.75 Å². The molecule has 1 heterocycles. The molecule has 150 valence electrons. The van der Waals surface area contributed by atoms with Crippen molar-refractivity contribution in [1.29, 1.82) is 0 Å². The summed E-state index contributed by atoms with van der Waals surface area (Å²) in [7, 11) is 1.68. The van der Waals surface area contributed by atoms with Crippen LogP contribution in [0.2, 0.25) is 0 Å². The van der Waals surface area contributed by atoms with Crippen molar-refractivity contribution >= 4 is 11.9 Å². The van der Waals surface area contributed by atoms with Crippen molar-refractivity contribution in [1.82, 2.24) is 15.5 Å². The Bertz CT molecular complexity index is 586. The van der Waals surface area contributed by atoms with Crippen LogP contribution in [0.15, 0.2) is 29.3 Å². The molecular weight excluding hydrogens is 340 g/mol. The quantitative estimate of drug-likeness (QED) is 0.396. The summed E-state index contributed by atoms with van der Waals surface area (Å²) in [5, 5.41) is 6.66. The summed E-state index contributed by atoms with van der Waals surface area (Å²) in [6.07, 6.45) is 5.88. The minimum Gasteiger partial charge on any atom is -0.497 e. The van der Waals surface area contributed by atoms with Crippen LogP contribution in [0.1, 0.15) is 44.6 Å². The second-order valence-electron chi connectivity index (χ2n) is 6.83. The predicted molar refractivity (Wildman–Crippen MR) is 110 cm³/mol. The van der Waals surface area contributed by atoms with Gasteiger partial charge in [-0.2, -0.15) is 0 Å². The van der Waals surface area contributed by atoms with E-state index in [0.717, 1.165) is 70.1 Å². The van der Waals surface area contributed by atoms with E-state index in [0.29, 0.717) is 12.3 Å². The SMILES string of the molecule is CCNC(=NCCCN1CCCCCC1=O)NCCc1ccc(OC)cc1. The first-order valence-electron chi connectivity index (χ1n) is 10.2. The van der Waals surface area contributed by atoms with Gasteiger partial charge in [0.2, 0.25) is 5.91 Å². The minimum absolute atomic E-state index is 0.306. The van der Waals surface area contributed by atoms with Crippen LogP contribution >= 0.6 is 0 Å². The Balaban J connectivity index is 1.71. The van der Waals surface area contributed by atoms with Gasteiger partial charge in [0.15, 0.2) is 5.96 Å². The van der Waals surface area contributed by atoms with E-state index < -0.39 is 0 Å². The number of rotatable bonds is 9. The van der Waals surface area contributed by atoms with Crippen molar-refractivity contribution in [2.75, 3.05) is 39.8 Å². The third kappa shape index (κ3) is 7.89. The van der Waals surface area contributed by atoms with Crippen molar-refractivity contribution in [3.63, 3.8) is 0 Å². The fourth-order valence-electron chi connectivity index (χ4n) is 3.19. The number of amides is 1. The number of benzene rings is 1. The van der Waals surface area contributed by atoms with E-state index in [-0.39, 0.29) is 0 Å². The van der Waals surface area contributed by atoms with Crippen LogP contribution in [-0.2, 0) is 11.2 Å². The Labute approximate surface area is 163 Å². The second-order valence-corrected chi connectivity index (χ2v) is 6.83. The summed E-state index contributed by atoms with van der Waals surface area (Å²) < 4.78 is 5.19. The van der Waals surface area contributed by atoms with Gasteiger partial charge >= 0.3 is 0 Å². The number of nitrogens with one attached hydrogen (secondary N) is 2. The van der Waals surface area contributed by atoms with Gasteiger partial charge in [-0.1, -0.05) is 18.6 Å². The molecule has 1 aliphatic heterocycles. The fraction of sp³-hybridized carbons (Fsp3) is 0.619. The molecule has 1 aromatic rings. The number of carbonyl (C=O) groups excluding carboxylic acids is 1. The summed E-state index contributed by atoms with van der Waals surface area (Å²) in [4.78, 5) is 18.7. The molecule has 27 heavy (non-hydrogen) atoms. The second kappa shape index (κ2) is 12.2. The molecule has 1 fully saturated rings. The molecule has 0 unspecified atom stereocenters. The minimum atomic E-state index is 0.306. The van der Waals surface area contributed by atoms with E-state index in [4.69, 9.17) is 4.74 Å². The molecule has 0 radical (unpaired) electrons. The normalized spacial score (nSPS) is 15.4. The fourth-order valence-corrected chi connectivity index (χ4v) is 3.19. The highest BCUT2D eigenvalue weighted by atomic mass is 16.5. The molecule has 0 spiro atoms. The zero-order chi connectivity index (χ0) is 19.3. The average Bonchev–Trinajstić information content (AvgIpc) is 2.90. The molecule has 6 heteroatoms. The van der Waals surface area contributed by atoms with Crippen LogP contribution < -0.4 is 15.4 Å². The maximum atomic E-state index is 12.0. The molecule has 1 amide bonds. The van der Waals surface area contributed by atoms with Crippen LogP contribution in [-0.4, -0.2) is 56.6 Å². The topological polar surface area (TPSA) is 66.0 Å². The van der Waals surface area contributed by atoms with Gasteiger partial charge in [0.25, 0.3) is 0 Å². The van der Waals surface area contributed by atoms with E-state index in [9.17, 15) is 4.79 Å². The van der Waals surface area contributed by atoms with Gasteiger partial charge in [0, 0.05) is 39.1 Å². The Morgan fingerprint density at radius 2 is 2.00 bits per heavy atom. The lowest BCUT2D eigenvalue weighted by molar-refractivity contribution is -0.130. The van der Waals surface area contributed by atoms with Crippen molar-refractivity contribution in [2.45, 2.75) is 45.4 Å². The molecule has 0 atom stereocenters. The monoisotopic (exact) mass is 374 g/mol. The Morgan fingerprint density at radius 1 is 1.19 bits per heavy atom. The molecule has 0 saturated carbocycles.